The van der Waals surface area contributed by atoms with Crippen LogP contribution in [-0.2, 0) is 6.54 Å². The van der Waals surface area contributed by atoms with E-state index in [1.54, 1.807) is 0 Å². The summed E-state index contributed by atoms with van der Waals surface area (Å²) in [6.45, 7) is 13.9. The second kappa shape index (κ2) is 6.59. The molecule has 3 heteroatoms. The lowest BCUT2D eigenvalue weighted by Gasteiger charge is -2.28. The Morgan fingerprint density at radius 3 is 2.00 bits per heavy atom. The van der Waals surface area contributed by atoms with E-state index in [0.29, 0.717) is 17.6 Å². The number of hydrogen-bond donors (Lipinski definition) is 2. The van der Waals surface area contributed by atoms with Crippen molar-refractivity contribution < 1.29 is 5.11 Å². The molecule has 0 aliphatic carbocycles. The molecule has 20 heavy (non-hydrogen) atoms. The summed E-state index contributed by atoms with van der Waals surface area (Å²) in [6, 6.07) is 4.38. The highest BCUT2D eigenvalue weighted by molar-refractivity contribution is 5.46. The van der Waals surface area contributed by atoms with Gasteiger partial charge >= 0.3 is 0 Å². The number of nitrogens with zero attached hydrogens (tertiary/aromatic N) is 1. The normalized spacial score (nSPS) is 17.1. The van der Waals surface area contributed by atoms with Gasteiger partial charge in [0.2, 0.25) is 0 Å². The van der Waals surface area contributed by atoms with Crippen molar-refractivity contribution in [2.24, 2.45) is 0 Å². The van der Waals surface area contributed by atoms with Gasteiger partial charge in [-0.1, -0.05) is 39.8 Å². The second-order valence-electron chi connectivity index (χ2n) is 6.46. The molecule has 3 nitrogen and oxygen atoms in total. The van der Waals surface area contributed by atoms with E-state index in [1.807, 2.05) is 0 Å². The van der Waals surface area contributed by atoms with Gasteiger partial charge in [-0.25, -0.2) is 0 Å². The molecule has 1 saturated heterocycles. The zero-order chi connectivity index (χ0) is 14.7. The standard InChI is InChI=1S/C17H28N2O/c1-12(2)15-9-14(10-16(13(3)4)17(15)20)11-19-7-5-18-6-8-19/h9-10,12-13,18,20H,5-8,11H2,1-4H3. The largest absolute Gasteiger partial charge is 0.507 e. The van der Waals surface area contributed by atoms with E-state index in [4.69, 9.17) is 0 Å². The van der Waals surface area contributed by atoms with Crippen molar-refractivity contribution in [2.45, 2.75) is 46.1 Å². The van der Waals surface area contributed by atoms with Crippen LogP contribution in [0.25, 0.3) is 0 Å². The first-order valence-electron chi connectivity index (χ1n) is 7.77. The highest BCUT2D eigenvalue weighted by atomic mass is 16.3. The minimum absolute atomic E-state index is 0.357. The molecule has 0 atom stereocenters. The van der Waals surface area contributed by atoms with Crippen LogP contribution in [0.1, 0.15) is 56.2 Å². The fourth-order valence-corrected chi connectivity index (χ4v) is 2.84. The third kappa shape index (κ3) is 3.53. The van der Waals surface area contributed by atoms with Crippen molar-refractivity contribution in [3.63, 3.8) is 0 Å². The molecular formula is C17H28N2O. The van der Waals surface area contributed by atoms with E-state index in [2.05, 4.69) is 50.0 Å². The Labute approximate surface area is 123 Å². The Balaban J connectivity index is 2.27. The highest BCUT2D eigenvalue weighted by Crippen LogP contribution is 2.35. The number of benzene rings is 1. The first-order valence-corrected chi connectivity index (χ1v) is 7.77. The highest BCUT2D eigenvalue weighted by Gasteiger charge is 2.17. The number of piperazine rings is 1. The van der Waals surface area contributed by atoms with Gasteiger partial charge in [0, 0.05) is 32.7 Å². The van der Waals surface area contributed by atoms with E-state index in [0.717, 1.165) is 43.9 Å². The summed E-state index contributed by atoms with van der Waals surface area (Å²) in [5, 5.41) is 13.8. The Hall–Kier alpha value is -1.06. The van der Waals surface area contributed by atoms with Crippen LogP contribution < -0.4 is 5.32 Å². The monoisotopic (exact) mass is 276 g/mol. The predicted molar refractivity (Wildman–Crippen MR) is 84.4 cm³/mol. The smallest absolute Gasteiger partial charge is 0.122 e. The molecule has 1 fully saturated rings. The Morgan fingerprint density at radius 1 is 1.05 bits per heavy atom. The van der Waals surface area contributed by atoms with Gasteiger partial charge in [0.25, 0.3) is 0 Å². The fourth-order valence-electron chi connectivity index (χ4n) is 2.84. The predicted octanol–water partition coefficient (Wildman–Crippen LogP) is 3.04. The van der Waals surface area contributed by atoms with Crippen LogP contribution in [0.2, 0.25) is 0 Å². The van der Waals surface area contributed by atoms with Gasteiger partial charge in [0.1, 0.15) is 5.75 Å². The molecule has 1 aromatic rings. The minimum Gasteiger partial charge on any atom is -0.507 e. The first-order chi connectivity index (χ1) is 9.49. The van der Waals surface area contributed by atoms with E-state index < -0.39 is 0 Å². The number of phenols is 1. The Kier molecular flexibility index (Phi) is 5.06. The average Bonchev–Trinajstić information content (AvgIpc) is 2.41. The van der Waals surface area contributed by atoms with Crippen molar-refractivity contribution in [3.8, 4) is 5.75 Å². The molecule has 0 aromatic heterocycles. The van der Waals surface area contributed by atoms with Gasteiger partial charge in [0.05, 0.1) is 0 Å². The van der Waals surface area contributed by atoms with Gasteiger partial charge in [-0.3, -0.25) is 4.90 Å². The molecule has 0 unspecified atom stereocenters. The molecule has 1 heterocycles. The zero-order valence-corrected chi connectivity index (χ0v) is 13.2. The van der Waals surface area contributed by atoms with Crippen molar-refractivity contribution in [1.82, 2.24) is 10.2 Å². The number of rotatable bonds is 4. The van der Waals surface area contributed by atoms with Gasteiger partial charge in [0.15, 0.2) is 0 Å². The fraction of sp³-hybridized carbons (Fsp3) is 0.647. The van der Waals surface area contributed by atoms with Crippen LogP contribution in [0.15, 0.2) is 12.1 Å². The van der Waals surface area contributed by atoms with Crippen LogP contribution in [0, 0.1) is 0 Å². The molecule has 0 spiro atoms. The number of aromatic hydroxyl groups is 1. The first kappa shape index (κ1) is 15.3. The van der Waals surface area contributed by atoms with E-state index in [9.17, 15) is 5.11 Å². The summed E-state index contributed by atoms with van der Waals surface area (Å²) in [4.78, 5) is 2.48. The van der Waals surface area contributed by atoms with Crippen LogP contribution in [0.4, 0.5) is 0 Å². The lowest BCUT2D eigenvalue weighted by Crippen LogP contribution is -2.42. The summed E-state index contributed by atoms with van der Waals surface area (Å²) < 4.78 is 0. The van der Waals surface area contributed by atoms with E-state index >= 15 is 0 Å². The maximum Gasteiger partial charge on any atom is 0.122 e. The van der Waals surface area contributed by atoms with Crippen LogP contribution in [0.5, 0.6) is 5.75 Å². The topological polar surface area (TPSA) is 35.5 Å². The third-order valence-corrected chi connectivity index (χ3v) is 4.09. The summed E-state index contributed by atoms with van der Waals surface area (Å²) in [5.41, 5.74) is 3.50. The van der Waals surface area contributed by atoms with Crippen LogP contribution in [-0.4, -0.2) is 36.2 Å². The minimum atomic E-state index is 0.357. The van der Waals surface area contributed by atoms with E-state index in [1.165, 1.54) is 5.56 Å². The maximum atomic E-state index is 10.4. The molecule has 2 N–H and O–H groups in total. The lowest BCUT2D eigenvalue weighted by molar-refractivity contribution is 0.233. The molecule has 2 rings (SSSR count). The van der Waals surface area contributed by atoms with Gasteiger partial charge < -0.3 is 10.4 Å². The van der Waals surface area contributed by atoms with E-state index in [-0.39, 0.29) is 0 Å². The molecule has 0 amide bonds. The third-order valence-electron chi connectivity index (χ3n) is 4.09. The summed E-state index contributed by atoms with van der Waals surface area (Å²) in [6.07, 6.45) is 0. The van der Waals surface area contributed by atoms with Gasteiger partial charge in [-0.15, -0.1) is 0 Å². The Morgan fingerprint density at radius 2 is 1.55 bits per heavy atom. The maximum absolute atomic E-state index is 10.4. The SMILES string of the molecule is CC(C)c1cc(CN2CCNCC2)cc(C(C)C)c1O. The molecule has 1 aromatic carbocycles. The van der Waals surface area contributed by atoms with Gasteiger partial charge in [-0.05, 0) is 28.5 Å². The van der Waals surface area contributed by atoms with Crippen molar-refractivity contribution >= 4 is 0 Å². The number of nitrogens with one attached hydrogen (secondary N) is 1. The van der Waals surface area contributed by atoms with Crippen molar-refractivity contribution in [1.29, 1.82) is 0 Å². The average molecular weight is 276 g/mol. The second-order valence-corrected chi connectivity index (χ2v) is 6.46. The zero-order valence-electron chi connectivity index (χ0n) is 13.2. The molecule has 1 aliphatic heterocycles. The number of hydrogen-bond acceptors (Lipinski definition) is 3. The van der Waals surface area contributed by atoms with Gasteiger partial charge in [-0.2, -0.15) is 0 Å². The quantitative estimate of drug-likeness (QED) is 0.887. The molecule has 0 saturated carbocycles. The summed E-state index contributed by atoms with van der Waals surface area (Å²) in [5.74, 6) is 1.21. The molecule has 0 radical (unpaired) electrons. The van der Waals surface area contributed by atoms with Crippen LogP contribution in [0.3, 0.4) is 0 Å². The lowest BCUT2D eigenvalue weighted by atomic mass is 9.91. The summed E-state index contributed by atoms with van der Waals surface area (Å²) >= 11 is 0. The molecule has 0 bridgehead atoms. The molecule has 112 valence electrons. The Bertz CT molecular complexity index is 419. The summed E-state index contributed by atoms with van der Waals surface area (Å²) in [7, 11) is 0. The van der Waals surface area contributed by atoms with Crippen molar-refractivity contribution in [2.75, 3.05) is 26.2 Å². The van der Waals surface area contributed by atoms with Crippen molar-refractivity contribution in [3.05, 3.63) is 28.8 Å². The van der Waals surface area contributed by atoms with Crippen LogP contribution >= 0.6 is 0 Å². The molecular weight excluding hydrogens is 248 g/mol. The number of phenolic OH excluding ortho intramolecular Hbond substituents is 1. The molecule has 1 aliphatic rings.